The molecule has 0 amide bonds. The Morgan fingerprint density at radius 2 is 1.83 bits per heavy atom. The lowest BCUT2D eigenvalue weighted by molar-refractivity contribution is -0.210. The summed E-state index contributed by atoms with van der Waals surface area (Å²) < 4.78 is 31.3. The quantitative estimate of drug-likeness (QED) is 0.217. The molecule has 2 saturated carbocycles. The third-order valence-electron chi connectivity index (χ3n) is 10.2. The molecule has 2 heterocycles. The fourth-order valence-electron chi connectivity index (χ4n) is 8.50. The first-order chi connectivity index (χ1) is 21.8. The molecule has 1 saturated heterocycles. The van der Waals surface area contributed by atoms with Crippen LogP contribution in [0.4, 0.5) is 0 Å². The highest BCUT2D eigenvalue weighted by Gasteiger charge is 2.81. The van der Waals surface area contributed by atoms with Gasteiger partial charge in [-0.15, -0.1) is 0 Å². The molecule has 0 radical (unpaired) electrons. The zero-order chi connectivity index (χ0) is 33.6. The fourth-order valence-corrected chi connectivity index (χ4v) is 8.50. The lowest BCUT2D eigenvalue weighted by Crippen LogP contribution is -2.62. The number of ether oxygens (including phenoxy) is 5. The number of nitrogens with zero attached hydrogens (tertiary/aromatic N) is 1. The molecule has 1 aromatic rings. The summed E-state index contributed by atoms with van der Waals surface area (Å²) in [5.74, 6) is -5.82. The molecule has 2 bridgehead atoms. The number of hydrogen-bond donors (Lipinski definition) is 0. The van der Waals surface area contributed by atoms with E-state index in [0.29, 0.717) is 12.0 Å². The summed E-state index contributed by atoms with van der Waals surface area (Å²) in [6.07, 6.45) is 3.85. The van der Waals surface area contributed by atoms with Crippen LogP contribution in [0, 0.1) is 29.1 Å². The van der Waals surface area contributed by atoms with Gasteiger partial charge in [-0.1, -0.05) is 39.0 Å². The lowest BCUT2D eigenvalue weighted by atomic mass is 9.55. The van der Waals surface area contributed by atoms with Gasteiger partial charge in [0.2, 0.25) is 5.78 Å². The molecule has 0 unspecified atom stereocenters. The number of rotatable bonds is 9. The number of hydrogen-bond acceptors (Lipinski definition) is 11. The van der Waals surface area contributed by atoms with E-state index in [1.165, 1.54) is 19.3 Å². The zero-order valence-corrected chi connectivity index (χ0v) is 27.3. The van der Waals surface area contributed by atoms with Crippen LogP contribution in [0.1, 0.15) is 77.6 Å². The summed E-state index contributed by atoms with van der Waals surface area (Å²) in [6.45, 7) is 14.1. The van der Waals surface area contributed by atoms with Gasteiger partial charge in [0.15, 0.2) is 5.60 Å². The Bertz CT molecular complexity index is 1460. The van der Waals surface area contributed by atoms with E-state index in [9.17, 15) is 19.2 Å². The predicted molar refractivity (Wildman–Crippen MR) is 163 cm³/mol. The molecule has 4 aliphatic rings. The summed E-state index contributed by atoms with van der Waals surface area (Å²) in [5, 5.41) is 0. The van der Waals surface area contributed by atoms with Gasteiger partial charge in [0, 0.05) is 50.4 Å². The number of carbonyl (C=O) groups is 5. The first kappa shape index (κ1) is 33.5. The maximum Gasteiger partial charge on any atom is 0.340 e. The minimum Gasteiger partial charge on any atom is -0.461 e. The van der Waals surface area contributed by atoms with Crippen LogP contribution in [0.2, 0.25) is 0 Å². The SMILES string of the molecule is C=C(C)[C@@H]1C=C[C@@H](OC(=O)c2cccnc2)[C@@]23CO[C@@](C)(C(=O)[C@@]4(OC(C)=O)C[C@H](C)[C@H](OC(=O)CCC)[C@@H]4[C@H]2OC(=O)CC)[C@H]13. The Balaban J connectivity index is 1.79. The van der Waals surface area contributed by atoms with Crippen molar-refractivity contribution in [3.8, 4) is 0 Å². The van der Waals surface area contributed by atoms with E-state index >= 15 is 4.79 Å². The van der Waals surface area contributed by atoms with Gasteiger partial charge in [-0.3, -0.25) is 24.2 Å². The van der Waals surface area contributed by atoms with Crippen LogP contribution in [0.25, 0.3) is 0 Å². The maximum absolute atomic E-state index is 15.2. The van der Waals surface area contributed by atoms with E-state index in [1.807, 2.05) is 26.8 Å². The van der Waals surface area contributed by atoms with Gasteiger partial charge < -0.3 is 23.7 Å². The van der Waals surface area contributed by atoms with Crippen molar-refractivity contribution in [3.63, 3.8) is 0 Å². The molecule has 10 atom stereocenters. The summed E-state index contributed by atoms with van der Waals surface area (Å²) >= 11 is 0. The van der Waals surface area contributed by atoms with Crippen LogP contribution in [0.3, 0.4) is 0 Å². The second-order valence-corrected chi connectivity index (χ2v) is 13.3. The van der Waals surface area contributed by atoms with Crippen LogP contribution < -0.4 is 0 Å². The molecule has 0 N–H and O–H groups in total. The number of allylic oxidation sites excluding steroid dienone is 2. The molecule has 0 aromatic carbocycles. The van der Waals surface area contributed by atoms with E-state index in [1.54, 1.807) is 32.1 Å². The van der Waals surface area contributed by atoms with Crippen molar-refractivity contribution < 1.29 is 47.7 Å². The summed E-state index contributed by atoms with van der Waals surface area (Å²) in [6, 6.07) is 3.18. The number of Topliss-reactive ketones (excluding diaryl/α,β-unsaturated/α-hetero) is 1. The third-order valence-corrected chi connectivity index (χ3v) is 10.2. The van der Waals surface area contributed by atoms with Crippen molar-refractivity contribution in [3.05, 3.63) is 54.4 Å². The Labute approximate surface area is 269 Å². The van der Waals surface area contributed by atoms with Crippen molar-refractivity contribution in [2.24, 2.45) is 29.1 Å². The monoisotopic (exact) mass is 637 g/mol. The maximum atomic E-state index is 15.2. The summed E-state index contributed by atoms with van der Waals surface area (Å²) in [7, 11) is 0. The van der Waals surface area contributed by atoms with E-state index in [-0.39, 0.29) is 31.4 Å². The molecule has 11 nitrogen and oxygen atoms in total. The van der Waals surface area contributed by atoms with Crippen molar-refractivity contribution in [1.82, 2.24) is 4.98 Å². The van der Waals surface area contributed by atoms with Gasteiger partial charge in [-0.05, 0) is 44.4 Å². The molecule has 3 fully saturated rings. The van der Waals surface area contributed by atoms with Crippen LogP contribution in [-0.2, 0) is 42.9 Å². The lowest BCUT2D eigenvalue weighted by Gasteiger charge is -2.51. The normalized spacial score (nSPS) is 37.3. The second-order valence-electron chi connectivity index (χ2n) is 13.3. The van der Waals surface area contributed by atoms with Gasteiger partial charge in [-0.2, -0.15) is 0 Å². The minimum atomic E-state index is -1.88. The first-order valence-corrected chi connectivity index (χ1v) is 16.0. The number of fused-ring (bicyclic) bond motifs is 1. The Morgan fingerprint density at radius 1 is 1.09 bits per heavy atom. The fraction of sp³-hybridized carbons (Fsp3) is 0.600. The third kappa shape index (κ3) is 5.16. The second kappa shape index (κ2) is 12.4. The Hall–Kier alpha value is -3.86. The highest BCUT2D eigenvalue weighted by Crippen LogP contribution is 2.67. The molecular formula is C35H43NO10. The average molecular weight is 638 g/mol. The molecule has 11 heteroatoms. The number of ketones is 1. The number of pyridine rings is 1. The van der Waals surface area contributed by atoms with Gasteiger partial charge in [-0.25, -0.2) is 4.79 Å². The van der Waals surface area contributed by atoms with E-state index in [4.69, 9.17) is 23.7 Å². The van der Waals surface area contributed by atoms with Gasteiger partial charge in [0.25, 0.3) is 0 Å². The van der Waals surface area contributed by atoms with E-state index in [2.05, 4.69) is 11.6 Å². The molecule has 248 valence electrons. The Morgan fingerprint density at radius 3 is 2.43 bits per heavy atom. The van der Waals surface area contributed by atoms with Crippen LogP contribution in [-0.4, -0.2) is 70.8 Å². The predicted octanol–water partition coefficient (Wildman–Crippen LogP) is 4.33. The van der Waals surface area contributed by atoms with Crippen LogP contribution >= 0.6 is 0 Å². The molecular weight excluding hydrogens is 594 g/mol. The molecule has 0 spiro atoms. The van der Waals surface area contributed by atoms with E-state index < -0.39 is 88.3 Å². The summed E-state index contributed by atoms with van der Waals surface area (Å²) in [5.41, 5.74) is -3.94. The molecule has 1 aromatic heterocycles. The molecule has 3 aliphatic carbocycles. The van der Waals surface area contributed by atoms with Crippen LogP contribution in [0.15, 0.2) is 48.8 Å². The van der Waals surface area contributed by atoms with Crippen molar-refractivity contribution in [1.29, 1.82) is 0 Å². The topological polar surface area (TPSA) is 144 Å². The first-order valence-electron chi connectivity index (χ1n) is 16.0. The molecule has 1 aliphatic heterocycles. The van der Waals surface area contributed by atoms with Crippen molar-refractivity contribution >= 4 is 29.7 Å². The average Bonchev–Trinajstić information content (AvgIpc) is 3.46. The van der Waals surface area contributed by atoms with Gasteiger partial charge >= 0.3 is 23.9 Å². The van der Waals surface area contributed by atoms with Gasteiger partial charge in [0.1, 0.15) is 23.9 Å². The standard InChI is InChI=1S/C35H43NO10/c1-8-11-26(39)44-28-20(5)16-35(46-21(6)37)27(28)30(45-25(38)9-2)34-18-42-33(7,32(35)41)29(34)23(19(3)4)13-14-24(34)43-31(40)22-12-10-15-36-17-22/h10,12-15,17,20,23-24,27-30H,3,8-9,11,16,18H2,1-2,4-7H3/t20-,23-,24+,27+,28-,29-,30+,33+,34+,35+/m0/s1. The highest BCUT2D eigenvalue weighted by atomic mass is 16.6. The highest BCUT2D eigenvalue weighted by molar-refractivity contribution is 5.98. The number of esters is 4. The number of aromatic nitrogens is 1. The smallest absolute Gasteiger partial charge is 0.340 e. The Kier molecular flexibility index (Phi) is 9.02. The van der Waals surface area contributed by atoms with Crippen LogP contribution in [0.5, 0.6) is 0 Å². The van der Waals surface area contributed by atoms with E-state index in [0.717, 1.165) is 0 Å². The van der Waals surface area contributed by atoms with Gasteiger partial charge in [0.05, 0.1) is 23.5 Å². The summed E-state index contributed by atoms with van der Waals surface area (Å²) in [4.78, 5) is 72.1. The van der Waals surface area contributed by atoms with Crippen molar-refractivity contribution in [2.75, 3.05) is 6.61 Å². The largest absolute Gasteiger partial charge is 0.461 e. The molecule has 46 heavy (non-hydrogen) atoms. The zero-order valence-electron chi connectivity index (χ0n) is 27.3. The van der Waals surface area contributed by atoms with Crippen molar-refractivity contribution in [2.45, 2.75) is 96.7 Å². The minimum absolute atomic E-state index is 0.00732. The number of carbonyl (C=O) groups excluding carboxylic acids is 5. The molecule has 5 rings (SSSR count).